The molecule has 88 valence electrons. The summed E-state index contributed by atoms with van der Waals surface area (Å²) in [6.07, 6.45) is 2.77. The molecule has 0 fully saturated rings. The van der Waals surface area contributed by atoms with Crippen LogP contribution in [0.4, 0.5) is 5.69 Å². The zero-order valence-electron chi connectivity index (χ0n) is 9.93. The molecule has 1 aliphatic heterocycles. The molecule has 2 heterocycles. The minimum atomic E-state index is 0.515. The predicted octanol–water partition coefficient (Wildman–Crippen LogP) is 2.05. The topological polar surface area (TPSA) is 42.7 Å². The van der Waals surface area contributed by atoms with E-state index in [-0.39, 0.29) is 0 Å². The third-order valence-electron chi connectivity index (χ3n) is 3.40. The molecule has 2 aromatic rings. The molecule has 4 heteroatoms. The Bertz CT molecular complexity index is 518. The number of anilines is 1. The molecule has 0 saturated carbocycles. The van der Waals surface area contributed by atoms with Gasteiger partial charge in [-0.05, 0) is 18.6 Å². The van der Waals surface area contributed by atoms with Crippen LogP contribution in [0.3, 0.4) is 0 Å². The zero-order chi connectivity index (χ0) is 11.7. The minimum Gasteiger partial charge on any atom is -0.384 e. The number of hydrogen-bond donors (Lipinski definition) is 1. The van der Waals surface area contributed by atoms with E-state index in [1.54, 1.807) is 0 Å². The van der Waals surface area contributed by atoms with Crippen LogP contribution in [0, 0.1) is 0 Å². The first-order valence-electron chi connectivity index (χ1n) is 6.08. The number of nitrogens with zero attached hydrogens (tertiary/aromatic N) is 3. The standard InChI is InChI=1S/C13H16N4/c1-2-17-9-15-16-13(17)7-10-8-14-12-6-4-3-5-11(10)12/h3-6,9-10,14H,2,7-8H2,1H3. The molecule has 1 unspecified atom stereocenters. The molecule has 3 rings (SSSR count). The number of rotatable bonds is 3. The van der Waals surface area contributed by atoms with Crippen LogP contribution < -0.4 is 5.32 Å². The molecular weight excluding hydrogens is 212 g/mol. The first-order valence-corrected chi connectivity index (χ1v) is 6.08. The molecule has 4 nitrogen and oxygen atoms in total. The van der Waals surface area contributed by atoms with E-state index in [1.807, 2.05) is 6.33 Å². The fourth-order valence-electron chi connectivity index (χ4n) is 2.46. The molecule has 1 N–H and O–H groups in total. The molecule has 1 atom stereocenters. The van der Waals surface area contributed by atoms with Crippen LogP contribution in [0.1, 0.15) is 24.2 Å². The van der Waals surface area contributed by atoms with Crippen LogP contribution >= 0.6 is 0 Å². The van der Waals surface area contributed by atoms with Crippen molar-refractivity contribution in [2.24, 2.45) is 0 Å². The molecule has 0 radical (unpaired) electrons. The smallest absolute Gasteiger partial charge is 0.133 e. The van der Waals surface area contributed by atoms with Gasteiger partial charge in [0.2, 0.25) is 0 Å². The summed E-state index contributed by atoms with van der Waals surface area (Å²) in [4.78, 5) is 0. The second-order valence-corrected chi connectivity index (χ2v) is 4.40. The van der Waals surface area contributed by atoms with E-state index in [1.165, 1.54) is 11.3 Å². The maximum Gasteiger partial charge on any atom is 0.133 e. The number of hydrogen-bond acceptors (Lipinski definition) is 3. The van der Waals surface area contributed by atoms with Crippen molar-refractivity contribution in [3.8, 4) is 0 Å². The van der Waals surface area contributed by atoms with Crippen molar-refractivity contribution in [1.82, 2.24) is 14.8 Å². The van der Waals surface area contributed by atoms with E-state index < -0.39 is 0 Å². The summed E-state index contributed by atoms with van der Waals surface area (Å²) in [6, 6.07) is 8.51. The van der Waals surface area contributed by atoms with Gasteiger partial charge < -0.3 is 9.88 Å². The molecule has 0 aliphatic carbocycles. The maximum absolute atomic E-state index is 4.21. The number of aromatic nitrogens is 3. The Morgan fingerprint density at radius 1 is 1.41 bits per heavy atom. The van der Waals surface area contributed by atoms with Crippen LogP contribution in [-0.4, -0.2) is 21.3 Å². The van der Waals surface area contributed by atoms with Gasteiger partial charge >= 0.3 is 0 Å². The molecular formula is C13H16N4. The van der Waals surface area contributed by atoms with Crippen molar-refractivity contribution in [2.75, 3.05) is 11.9 Å². The summed E-state index contributed by atoms with van der Waals surface area (Å²) >= 11 is 0. The lowest BCUT2D eigenvalue weighted by Gasteiger charge is -2.10. The monoisotopic (exact) mass is 228 g/mol. The van der Waals surface area contributed by atoms with Crippen molar-refractivity contribution in [3.63, 3.8) is 0 Å². The molecule has 1 aliphatic rings. The Balaban J connectivity index is 1.84. The Hall–Kier alpha value is -1.84. The van der Waals surface area contributed by atoms with Gasteiger partial charge in [0.05, 0.1) is 0 Å². The summed E-state index contributed by atoms with van der Waals surface area (Å²) < 4.78 is 2.11. The van der Waals surface area contributed by atoms with E-state index in [0.29, 0.717) is 5.92 Å². The van der Waals surface area contributed by atoms with Crippen molar-refractivity contribution in [1.29, 1.82) is 0 Å². The van der Waals surface area contributed by atoms with Crippen LogP contribution in [0.25, 0.3) is 0 Å². The van der Waals surface area contributed by atoms with E-state index in [4.69, 9.17) is 0 Å². The zero-order valence-corrected chi connectivity index (χ0v) is 9.93. The summed E-state index contributed by atoms with van der Waals surface area (Å²) in [7, 11) is 0. The SMILES string of the molecule is CCn1cnnc1CC1CNc2ccccc21. The third kappa shape index (κ3) is 1.79. The molecule has 17 heavy (non-hydrogen) atoms. The van der Waals surface area contributed by atoms with Gasteiger partial charge in [0, 0.05) is 31.1 Å². The highest BCUT2D eigenvalue weighted by molar-refractivity contribution is 5.57. The number of benzene rings is 1. The number of fused-ring (bicyclic) bond motifs is 1. The van der Waals surface area contributed by atoms with Crippen molar-refractivity contribution >= 4 is 5.69 Å². The lowest BCUT2D eigenvalue weighted by atomic mass is 9.97. The number of aryl methyl sites for hydroxylation is 1. The molecule has 0 saturated heterocycles. The Kier molecular flexibility index (Phi) is 2.55. The first-order chi connectivity index (χ1) is 8.38. The summed E-state index contributed by atoms with van der Waals surface area (Å²) in [5.74, 6) is 1.59. The van der Waals surface area contributed by atoms with E-state index >= 15 is 0 Å². The quantitative estimate of drug-likeness (QED) is 0.874. The molecule has 0 amide bonds. The highest BCUT2D eigenvalue weighted by Gasteiger charge is 2.23. The fourth-order valence-corrected chi connectivity index (χ4v) is 2.46. The normalized spacial score (nSPS) is 17.8. The number of nitrogens with one attached hydrogen (secondary N) is 1. The lowest BCUT2D eigenvalue weighted by molar-refractivity contribution is 0.641. The molecule has 1 aromatic heterocycles. The Labute approximate surface area is 101 Å². The second kappa shape index (κ2) is 4.20. The van der Waals surface area contributed by atoms with E-state index in [9.17, 15) is 0 Å². The maximum atomic E-state index is 4.21. The van der Waals surface area contributed by atoms with Gasteiger partial charge in [0.25, 0.3) is 0 Å². The highest BCUT2D eigenvalue weighted by atomic mass is 15.3. The Morgan fingerprint density at radius 3 is 3.18 bits per heavy atom. The van der Waals surface area contributed by atoms with Crippen molar-refractivity contribution in [2.45, 2.75) is 25.8 Å². The summed E-state index contributed by atoms with van der Waals surface area (Å²) in [5, 5.41) is 11.6. The molecule has 0 bridgehead atoms. The second-order valence-electron chi connectivity index (χ2n) is 4.40. The van der Waals surface area contributed by atoms with Crippen molar-refractivity contribution < 1.29 is 0 Å². The first kappa shape index (κ1) is 10.3. The largest absolute Gasteiger partial charge is 0.384 e. The van der Waals surface area contributed by atoms with E-state index in [0.717, 1.165) is 25.3 Å². The van der Waals surface area contributed by atoms with Gasteiger partial charge in [-0.2, -0.15) is 0 Å². The summed E-state index contributed by atoms with van der Waals surface area (Å²) in [5.41, 5.74) is 2.67. The van der Waals surface area contributed by atoms with Crippen LogP contribution in [0.15, 0.2) is 30.6 Å². The minimum absolute atomic E-state index is 0.515. The van der Waals surface area contributed by atoms with E-state index in [2.05, 4.69) is 51.3 Å². The van der Waals surface area contributed by atoms with Gasteiger partial charge in [0.15, 0.2) is 0 Å². The third-order valence-corrected chi connectivity index (χ3v) is 3.40. The van der Waals surface area contributed by atoms with Gasteiger partial charge in [-0.3, -0.25) is 0 Å². The lowest BCUT2D eigenvalue weighted by Crippen LogP contribution is -2.10. The Morgan fingerprint density at radius 2 is 2.29 bits per heavy atom. The fraction of sp³-hybridized carbons (Fsp3) is 0.385. The van der Waals surface area contributed by atoms with Gasteiger partial charge in [-0.1, -0.05) is 18.2 Å². The highest BCUT2D eigenvalue weighted by Crippen LogP contribution is 2.32. The van der Waals surface area contributed by atoms with Gasteiger partial charge in [-0.15, -0.1) is 10.2 Å². The van der Waals surface area contributed by atoms with Crippen molar-refractivity contribution in [3.05, 3.63) is 42.0 Å². The summed E-state index contributed by atoms with van der Waals surface area (Å²) in [6.45, 7) is 4.05. The predicted molar refractivity (Wildman–Crippen MR) is 67.1 cm³/mol. The van der Waals surface area contributed by atoms with Gasteiger partial charge in [-0.25, -0.2) is 0 Å². The van der Waals surface area contributed by atoms with Gasteiger partial charge in [0.1, 0.15) is 12.2 Å². The molecule has 1 aromatic carbocycles. The number of para-hydroxylation sites is 1. The van der Waals surface area contributed by atoms with Crippen LogP contribution in [0.2, 0.25) is 0 Å². The average Bonchev–Trinajstić information content (AvgIpc) is 2.97. The van der Waals surface area contributed by atoms with Crippen LogP contribution in [0.5, 0.6) is 0 Å². The average molecular weight is 228 g/mol. The van der Waals surface area contributed by atoms with Crippen LogP contribution in [-0.2, 0) is 13.0 Å². The molecule has 0 spiro atoms.